The van der Waals surface area contributed by atoms with Crippen LogP contribution < -0.4 is 10.9 Å². The van der Waals surface area contributed by atoms with Gasteiger partial charge in [-0.1, -0.05) is 29.3 Å². The highest BCUT2D eigenvalue weighted by molar-refractivity contribution is 6.42. The number of anilines is 1. The van der Waals surface area contributed by atoms with Crippen molar-refractivity contribution in [2.45, 2.75) is 19.5 Å². The van der Waals surface area contributed by atoms with Gasteiger partial charge in [0.05, 0.1) is 16.2 Å². The van der Waals surface area contributed by atoms with Crippen molar-refractivity contribution in [3.63, 3.8) is 0 Å². The summed E-state index contributed by atoms with van der Waals surface area (Å²) in [5.74, 6) is -0.850. The predicted molar refractivity (Wildman–Crippen MR) is 94.3 cm³/mol. The van der Waals surface area contributed by atoms with E-state index in [-0.39, 0.29) is 11.5 Å². The summed E-state index contributed by atoms with van der Waals surface area (Å²) in [5.41, 5.74) is 0.781. The van der Waals surface area contributed by atoms with E-state index in [2.05, 4.69) is 20.4 Å². The van der Waals surface area contributed by atoms with Crippen LogP contribution >= 0.6 is 23.2 Å². The average Bonchev–Trinajstić information content (AvgIpc) is 2.99. The summed E-state index contributed by atoms with van der Waals surface area (Å²) in [4.78, 5) is 30.2. The molecule has 0 bridgehead atoms. The number of carboxylic acid groups (broad SMARTS) is 1. The lowest BCUT2D eigenvalue weighted by Gasteiger charge is -2.09. The number of nitrogens with zero attached hydrogens (tertiary/aromatic N) is 3. The van der Waals surface area contributed by atoms with Gasteiger partial charge in [-0.2, -0.15) is 5.10 Å². The highest BCUT2D eigenvalue weighted by Crippen LogP contribution is 2.23. The molecule has 10 heteroatoms. The van der Waals surface area contributed by atoms with Crippen LogP contribution in [0, 0.1) is 0 Å². The number of nitrogens with one attached hydrogen (secondary N) is 2. The van der Waals surface area contributed by atoms with Crippen molar-refractivity contribution in [1.29, 1.82) is 0 Å². The second-order valence-corrected chi connectivity index (χ2v) is 6.17. The molecule has 0 amide bonds. The van der Waals surface area contributed by atoms with Crippen molar-refractivity contribution in [2.75, 3.05) is 5.32 Å². The quantitative estimate of drug-likeness (QED) is 0.625. The number of carbonyl (C=O) groups is 1. The predicted octanol–water partition coefficient (Wildman–Crippen LogP) is 2.68. The van der Waals surface area contributed by atoms with Crippen molar-refractivity contribution in [2.24, 2.45) is 0 Å². The fraction of sp³-hybridized carbons (Fsp3) is 0.200. The molecule has 0 radical (unpaired) electrons. The number of hydrogen-bond donors (Lipinski definition) is 3. The third-order valence-electron chi connectivity index (χ3n) is 3.62. The van der Waals surface area contributed by atoms with E-state index in [9.17, 15) is 9.59 Å². The van der Waals surface area contributed by atoms with E-state index >= 15 is 0 Å². The SMILES string of the molecule is CC(C(=O)O)n1ncc2nc(NCc3ccc(Cl)c(Cl)c3)[nH]c(=O)c21. The number of aromatic nitrogens is 4. The molecule has 130 valence electrons. The first-order valence-electron chi connectivity index (χ1n) is 7.25. The van der Waals surface area contributed by atoms with E-state index in [0.717, 1.165) is 10.2 Å². The van der Waals surface area contributed by atoms with E-state index in [0.29, 0.717) is 22.1 Å². The average molecular weight is 382 g/mol. The number of halogens is 2. The molecule has 1 aromatic carbocycles. The standard InChI is InChI=1S/C15H13Cl2N5O3/c1-7(14(24)25)22-12-11(6-19-22)20-15(21-13(12)23)18-5-8-2-3-9(16)10(17)4-8/h2-4,6-7H,5H2,1H3,(H,24,25)(H2,18,20,21,23). The molecule has 0 saturated carbocycles. The van der Waals surface area contributed by atoms with Crippen molar-refractivity contribution >= 4 is 46.2 Å². The number of hydrogen-bond acceptors (Lipinski definition) is 5. The van der Waals surface area contributed by atoms with Crippen molar-refractivity contribution < 1.29 is 9.90 Å². The van der Waals surface area contributed by atoms with E-state index in [4.69, 9.17) is 28.3 Å². The zero-order valence-electron chi connectivity index (χ0n) is 13.0. The maximum Gasteiger partial charge on any atom is 0.328 e. The van der Waals surface area contributed by atoms with Crippen LogP contribution in [0.15, 0.2) is 29.2 Å². The van der Waals surface area contributed by atoms with E-state index < -0.39 is 17.6 Å². The number of H-pyrrole nitrogens is 1. The first kappa shape index (κ1) is 17.2. The van der Waals surface area contributed by atoms with Gasteiger partial charge in [0, 0.05) is 6.54 Å². The van der Waals surface area contributed by atoms with Crippen LogP contribution in [0.2, 0.25) is 10.0 Å². The molecule has 0 aliphatic rings. The maximum absolute atomic E-state index is 12.3. The zero-order valence-corrected chi connectivity index (χ0v) is 14.5. The van der Waals surface area contributed by atoms with Crippen molar-refractivity contribution in [3.8, 4) is 0 Å². The van der Waals surface area contributed by atoms with Crippen LogP contribution in [0.25, 0.3) is 11.0 Å². The Bertz CT molecular complexity index is 1010. The van der Waals surface area contributed by atoms with E-state index in [1.165, 1.54) is 13.1 Å². The zero-order chi connectivity index (χ0) is 18.1. The van der Waals surface area contributed by atoms with Crippen LogP contribution in [-0.2, 0) is 11.3 Å². The Morgan fingerprint density at radius 3 is 2.84 bits per heavy atom. The van der Waals surface area contributed by atoms with Crippen LogP contribution in [0.3, 0.4) is 0 Å². The molecule has 0 fully saturated rings. The lowest BCUT2D eigenvalue weighted by atomic mass is 10.2. The summed E-state index contributed by atoms with van der Waals surface area (Å²) in [7, 11) is 0. The smallest absolute Gasteiger partial charge is 0.328 e. The largest absolute Gasteiger partial charge is 0.480 e. The highest BCUT2D eigenvalue weighted by atomic mass is 35.5. The topological polar surface area (TPSA) is 113 Å². The van der Waals surface area contributed by atoms with Gasteiger partial charge in [0.2, 0.25) is 5.95 Å². The van der Waals surface area contributed by atoms with Crippen molar-refractivity contribution in [1.82, 2.24) is 19.7 Å². The van der Waals surface area contributed by atoms with Gasteiger partial charge in [-0.3, -0.25) is 9.78 Å². The number of carboxylic acids is 1. The normalized spacial score (nSPS) is 12.3. The maximum atomic E-state index is 12.3. The summed E-state index contributed by atoms with van der Waals surface area (Å²) in [6, 6.07) is 4.21. The number of fused-ring (bicyclic) bond motifs is 1. The first-order valence-corrected chi connectivity index (χ1v) is 8.00. The fourth-order valence-corrected chi connectivity index (χ4v) is 2.61. The van der Waals surface area contributed by atoms with Gasteiger partial charge in [-0.25, -0.2) is 14.5 Å². The Morgan fingerprint density at radius 1 is 1.40 bits per heavy atom. The molecule has 8 nitrogen and oxygen atoms in total. The molecule has 1 atom stereocenters. The second kappa shape index (κ2) is 6.73. The Kier molecular flexibility index (Phi) is 4.65. The molecular formula is C15H13Cl2N5O3. The van der Waals surface area contributed by atoms with Crippen LogP contribution in [-0.4, -0.2) is 30.8 Å². The van der Waals surface area contributed by atoms with Crippen LogP contribution in [0.1, 0.15) is 18.5 Å². The van der Waals surface area contributed by atoms with E-state index in [1.54, 1.807) is 18.2 Å². The summed E-state index contributed by atoms with van der Waals surface area (Å²) in [6.45, 7) is 1.80. The van der Waals surface area contributed by atoms with Crippen LogP contribution in [0.4, 0.5) is 5.95 Å². The summed E-state index contributed by atoms with van der Waals surface area (Å²) in [6.07, 6.45) is 1.36. The number of aromatic amines is 1. The minimum atomic E-state index is -1.09. The Labute approximate surface area is 151 Å². The van der Waals surface area contributed by atoms with Gasteiger partial charge in [-0.05, 0) is 24.6 Å². The minimum absolute atomic E-state index is 0.106. The molecule has 0 saturated heterocycles. The number of benzene rings is 1. The molecule has 3 aromatic rings. The number of aliphatic carboxylic acids is 1. The second-order valence-electron chi connectivity index (χ2n) is 5.35. The van der Waals surface area contributed by atoms with Gasteiger partial charge in [0.15, 0.2) is 5.52 Å². The molecule has 1 unspecified atom stereocenters. The monoisotopic (exact) mass is 381 g/mol. The Hall–Kier alpha value is -2.58. The van der Waals surface area contributed by atoms with Gasteiger partial charge in [-0.15, -0.1) is 0 Å². The number of rotatable bonds is 5. The lowest BCUT2D eigenvalue weighted by Crippen LogP contribution is -2.21. The Balaban J connectivity index is 1.87. The highest BCUT2D eigenvalue weighted by Gasteiger charge is 2.19. The molecule has 2 heterocycles. The van der Waals surface area contributed by atoms with Gasteiger partial charge >= 0.3 is 5.97 Å². The molecule has 25 heavy (non-hydrogen) atoms. The molecule has 0 aliphatic heterocycles. The van der Waals surface area contributed by atoms with Gasteiger partial charge in [0.1, 0.15) is 11.6 Å². The van der Waals surface area contributed by atoms with Gasteiger partial charge < -0.3 is 10.4 Å². The Morgan fingerprint density at radius 2 is 2.16 bits per heavy atom. The molecule has 2 aromatic heterocycles. The molecular weight excluding hydrogens is 369 g/mol. The van der Waals surface area contributed by atoms with E-state index in [1.807, 2.05) is 0 Å². The van der Waals surface area contributed by atoms with Gasteiger partial charge in [0.25, 0.3) is 5.56 Å². The third-order valence-corrected chi connectivity index (χ3v) is 4.36. The molecule has 3 rings (SSSR count). The molecule has 0 aliphatic carbocycles. The summed E-state index contributed by atoms with van der Waals surface area (Å²) in [5, 5.41) is 16.9. The molecule has 0 spiro atoms. The lowest BCUT2D eigenvalue weighted by molar-refractivity contribution is -0.140. The summed E-state index contributed by atoms with van der Waals surface area (Å²) >= 11 is 11.8. The summed E-state index contributed by atoms with van der Waals surface area (Å²) < 4.78 is 1.13. The third kappa shape index (κ3) is 3.45. The van der Waals surface area contributed by atoms with Crippen LogP contribution in [0.5, 0.6) is 0 Å². The fourth-order valence-electron chi connectivity index (χ4n) is 2.29. The molecule has 3 N–H and O–H groups in total. The van der Waals surface area contributed by atoms with Crippen molar-refractivity contribution in [3.05, 3.63) is 50.4 Å². The first-order chi connectivity index (χ1) is 11.9. The minimum Gasteiger partial charge on any atom is -0.480 e.